The van der Waals surface area contributed by atoms with Crippen molar-refractivity contribution in [3.05, 3.63) is 30.0 Å². The molecule has 5 heteroatoms. The molecule has 96 valence electrons. The van der Waals surface area contributed by atoms with Gasteiger partial charge in [-0.15, -0.1) is 0 Å². The number of fused-ring (bicyclic) bond motifs is 1. The molecular weight excluding hydrogens is 230 g/mol. The maximum Gasteiger partial charge on any atom is 0.253 e. The zero-order valence-electron chi connectivity index (χ0n) is 10.5. The number of para-hydroxylation sites is 1. The van der Waals surface area contributed by atoms with Gasteiger partial charge >= 0.3 is 0 Å². The van der Waals surface area contributed by atoms with Gasteiger partial charge in [-0.1, -0.05) is 19.1 Å². The molecule has 0 aliphatic rings. The Morgan fingerprint density at radius 3 is 3.00 bits per heavy atom. The van der Waals surface area contributed by atoms with E-state index in [1.165, 1.54) is 0 Å². The number of aliphatic hydroxyl groups excluding tert-OH is 1. The first-order valence-corrected chi connectivity index (χ1v) is 5.97. The molecule has 0 radical (unpaired) electrons. The van der Waals surface area contributed by atoms with Gasteiger partial charge in [0, 0.05) is 18.0 Å². The topological polar surface area (TPSA) is 78.0 Å². The van der Waals surface area contributed by atoms with Crippen molar-refractivity contribution in [3.8, 4) is 0 Å². The molecule has 2 rings (SSSR count). The standard InChI is InChI=1S/C13H17N3O2/c1-8(7-17)9(2)15-13(18)11-5-3-4-10-6-14-16-12(10)11/h3-6,8-9,17H,7H2,1-2H3,(H,14,16)(H,15,18). The maximum absolute atomic E-state index is 12.1. The highest BCUT2D eigenvalue weighted by Gasteiger charge is 2.17. The molecule has 0 aliphatic heterocycles. The molecule has 1 heterocycles. The van der Waals surface area contributed by atoms with E-state index in [-0.39, 0.29) is 24.5 Å². The monoisotopic (exact) mass is 247 g/mol. The minimum absolute atomic E-state index is 0.0231. The van der Waals surface area contributed by atoms with Crippen molar-refractivity contribution in [3.63, 3.8) is 0 Å². The Hall–Kier alpha value is -1.88. The fraction of sp³-hybridized carbons (Fsp3) is 0.385. The van der Waals surface area contributed by atoms with Crippen LogP contribution >= 0.6 is 0 Å². The second kappa shape index (κ2) is 5.18. The molecule has 18 heavy (non-hydrogen) atoms. The number of amides is 1. The van der Waals surface area contributed by atoms with Gasteiger partial charge in [0.2, 0.25) is 0 Å². The number of benzene rings is 1. The highest BCUT2D eigenvalue weighted by molar-refractivity contribution is 6.05. The highest BCUT2D eigenvalue weighted by Crippen LogP contribution is 2.15. The van der Waals surface area contributed by atoms with Gasteiger partial charge < -0.3 is 10.4 Å². The molecule has 0 saturated heterocycles. The van der Waals surface area contributed by atoms with Crippen LogP contribution in [0.4, 0.5) is 0 Å². The normalized spacial score (nSPS) is 14.4. The van der Waals surface area contributed by atoms with E-state index in [4.69, 9.17) is 5.11 Å². The van der Waals surface area contributed by atoms with Gasteiger partial charge in [-0.05, 0) is 18.9 Å². The number of carbonyl (C=O) groups is 1. The molecule has 5 nitrogen and oxygen atoms in total. The number of aliphatic hydroxyl groups is 1. The van der Waals surface area contributed by atoms with Crippen LogP contribution in [0.2, 0.25) is 0 Å². The summed E-state index contributed by atoms with van der Waals surface area (Å²) in [7, 11) is 0. The van der Waals surface area contributed by atoms with Crippen molar-refractivity contribution in [1.82, 2.24) is 15.5 Å². The average Bonchev–Trinajstić information content (AvgIpc) is 2.85. The van der Waals surface area contributed by atoms with Crippen molar-refractivity contribution in [2.75, 3.05) is 6.61 Å². The van der Waals surface area contributed by atoms with E-state index in [1.807, 2.05) is 26.0 Å². The van der Waals surface area contributed by atoms with Crippen LogP contribution in [0.15, 0.2) is 24.4 Å². The van der Waals surface area contributed by atoms with E-state index in [2.05, 4.69) is 15.5 Å². The molecule has 0 aliphatic carbocycles. The first-order valence-electron chi connectivity index (χ1n) is 5.97. The fourth-order valence-corrected chi connectivity index (χ4v) is 1.74. The van der Waals surface area contributed by atoms with Gasteiger partial charge in [-0.3, -0.25) is 9.89 Å². The fourth-order valence-electron chi connectivity index (χ4n) is 1.74. The van der Waals surface area contributed by atoms with Gasteiger partial charge in [0.25, 0.3) is 5.91 Å². The number of aromatic amines is 1. The summed E-state index contributed by atoms with van der Waals surface area (Å²) in [5.41, 5.74) is 1.31. The molecule has 1 aromatic carbocycles. The smallest absolute Gasteiger partial charge is 0.253 e. The van der Waals surface area contributed by atoms with Crippen molar-refractivity contribution in [2.45, 2.75) is 19.9 Å². The summed E-state index contributed by atoms with van der Waals surface area (Å²) in [6, 6.07) is 5.40. The van der Waals surface area contributed by atoms with Crippen LogP contribution in [-0.2, 0) is 0 Å². The number of hydrogen-bond acceptors (Lipinski definition) is 3. The summed E-state index contributed by atoms with van der Waals surface area (Å²) in [4.78, 5) is 12.1. The molecular formula is C13H17N3O2. The van der Waals surface area contributed by atoms with E-state index in [1.54, 1.807) is 12.3 Å². The molecule has 1 amide bonds. The third-order valence-corrected chi connectivity index (χ3v) is 3.22. The molecule has 2 atom stereocenters. The number of nitrogens with zero attached hydrogens (tertiary/aromatic N) is 1. The lowest BCUT2D eigenvalue weighted by Gasteiger charge is -2.19. The number of carbonyl (C=O) groups excluding carboxylic acids is 1. The molecule has 0 bridgehead atoms. The third-order valence-electron chi connectivity index (χ3n) is 3.22. The molecule has 2 unspecified atom stereocenters. The molecule has 1 aromatic heterocycles. The molecule has 0 fully saturated rings. The Morgan fingerprint density at radius 2 is 2.28 bits per heavy atom. The van der Waals surface area contributed by atoms with Crippen molar-refractivity contribution >= 4 is 16.8 Å². The summed E-state index contributed by atoms with van der Waals surface area (Å²) >= 11 is 0. The first-order chi connectivity index (χ1) is 8.63. The van der Waals surface area contributed by atoms with Gasteiger partial charge in [-0.25, -0.2) is 0 Å². The van der Waals surface area contributed by atoms with Crippen LogP contribution in [-0.4, -0.2) is 33.9 Å². The lowest BCUT2D eigenvalue weighted by molar-refractivity contribution is 0.0918. The minimum Gasteiger partial charge on any atom is -0.396 e. The summed E-state index contributed by atoms with van der Waals surface area (Å²) in [5, 5.41) is 19.6. The zero-order chi connectivity index (χ0) is 13.1. The van der Waals surface area contributed by atoms with E-state index in [0.29, 0.717) is 5.56 Å². The molecule has 0 saturated carbocycles. The number of aromatic nitrogens is 2. The van der Waals surface area contributed by atoms with E-state index in [9.17, 15) is 4.79 Å². The lowest BCUT2D eigenvalue weighted by Crippen LogP contribution is -2.38. The van der Waals surface area contributed by atoms with E-state index in [0.717, 1.165) is 10.9 Å². The largest absolute Gasteiger partial charge is 0.396 e. The number of nitrogens with one attached hydrogen (secondary N) is 2. The molecule has 3 N–H and O–H groups in total. The minimum atomic E-state index is -0.155. The van der Waals surface area contributed by atoms with Crippen LogP contribution in [0.3, 0.4) is 0 Å². The predicted molar refractivity (Wildman–Crippen MR) is 69.3 cm³/mol. The Balaban J connectivity index is 2.21. The van der Waals surface area contributed by atoms with E-state index < -0.39 is 0 Å². The zero-order valence-corrected chi connectivity index (χ0v) is 10.5. The SMILES string of the molecule is CC(CO)C(C)NC(=O)c1cccc2cn[nH]c12. The van der Waals surface area contributed by atoms with Crippen molar-refractivity contribution in [1.29, 1.82) is 0 Å². The number of hydrogen-bond donors (Lipinski definition) is 3. The second-order valence-electron chi connectivity index (χ2n) is 4.56. The van der Waals surface area contributed by atoms with Crippen molar-refractivity contribution < 1.29 is 9.90 Å². The van der Waals surface area contributed by atoms with Gasteiger partial charge in [0.05, 0.1) is 17.3 Å². The average molecular weight is 247 g/mol. The summed E-state index contributed by atoms with van der Waals surface area (Å²) in [5.74, 6) is -0.132. The lowest BCUT2D eigenvalue weighted by atomic mass is 10.0. The van der Waals surface area contributed by atoms with Crippen LogP contribution in [0.1, 0.15) is 24.2 Å². The second-order valence-corrected chi connectivity index (χ2v) is 4.56. The Morgan fingerprint density at radius 1 is 1.50 bits per heavy atom. The van der Waals surface area contributed by atoms with Crippen LogP contribution in [0.5, 0.6) is 0 Å². The highest BCUT2D eigenvalue weighted by atomic mass is 16.3. The summed E-state index contributed by atoms with van der Waals surface area (Å²) in [6.45, 7) is 3.82. The van der Waals surface area contributed by atoms with Crippen LogP contribution in [0.25, 0.3) is 10.9 Å². The van der Waals surface area contributed by atoms with Gasteiger partial charge in [-0.2, -0.15) is 5.10 Å². The Labute approximate surface area is 105 Å². The predicted octanol–water partition coefficient (Wildman–Crippen LogP) is 1.31. The number of H-pyrrole nitrogens is 1. The van der Waals surface area contributed by atoms with Gasteiger partial charge in [0.15, 0.2) is 0 Å². The van der Waals surface area contributed by atoms with E-state index >= 15 is 0 Å². The first kappa shape index (κ1) is 12.6. The Bertz CT molecular complexity index is 550. The van der Waals surface area contributed by atoms with Gasteiger partial charge in [0.1, 0.15) is 0 Å². The summed E-state index contributed by atoms with van der Waals surface area (Å²) in [6.07, 6.45) is 1.69. The van der Waals surface area contributed by atoms with Crippen LogP contribution in [0, 0.1) is 5.92 Å². The Kier molecular flexibility index (Phi) is 3.62. The quantitative estimate of drug-likeness (QED) is 0.762. The molecule has 0 spiro atoms. The molecule has 2 aromatic rings. The number of rotatable bonds is 4. The maximum atomic E-state index is 12.1. The van der Waals surface area contributed by atoms with Crippen molar-refractivity contribution in [2.24, 2.45) is 5.92 Å². The third kappa shape index (κ3) is 2.36. The van der Waals surface area contributed by atoms with Crippen LogP contribution < -0.4 is 5.32 Å². The summed E-state index contributed by atoms with van der Waals surface area (Å²) < 4.78 is 0.